The summed E-state index contributed by atoms with van der Waals surface area (Å²) in [5.41, 5.74) is 0.577. The fraction of sp³-hybridized carbons (Fsp3) is 0.333. The van der Waals surface area contributed by atoms with E-state index in [9.17, 15) is 14.0 Å². The summed E-state index contributed by atoms with van der Waals surface area (Å²) < 4.78 is 21.3. The summed E-state index contributed by atoms with van der Waals surface area (Å²) in [6, 6.07) is 5.71. The number of fused-ring (bicyclic) bond motifs is 1. The number of benzene rings is 1. The highest BCUT2D eigenvalue weighted by Gasteiger charge is 2.17. The lowest BCUT2D eigenvalue weighted by Gasteiger charge is -2.11. The van der Waals surface area contributed by atoms with E-state index in [1.807, 2.05) is 0 Å². The average Bonchev–Trinajstić information content (AvgIpc) is 3.33. The van der Waals surface area contributed by atoms with Gasteiger partial charge in [-0.05, 0) is 37.1 Å². The molecule has 4 rings (SSSR count). The Kier molecular flexibility index (Phi) is 4.68. The molecule has 1 aliphatic rings. The Hall–Kier alpha value is -3.07. The van der Waals surface area contributed by atoms with Gasteiger partial charge in [-0.2, -0.15) is 5.10 Å². The molecular weight excluding hydrogens is 353 g/mol. The van der Waals surface area contributed by atoms with Crippen LogP contribution in [0.15, 0.2) is 41.6 Å². The second-order valence-electron chi connectivity index (χ2n) is 6.39. The van der Waals surface area contributed by atoms with Crippen LogP contribution in [0.1, 0.15) is 12.8 Å². The first kappa shape index (κ1) is 17.3. The summed E-state index contributed by atoms with van der Waals surface area (Å²) >= 11 is 0. The Morgan fingerprint density at radius 1 is 1.33 bits per heavy atom. The molecule has 0 spiro atoms. The predicted molar refractivity (Wildman–Crippen MR) is 95.1 cm³/mol. The molecule has 1 fully saturated rings. The number of aromatic nitrogens is 4. The minimum Gasteiger partial charge on any atom is -0.376 e. The Balaban J connectivity index is 1.53. The molecule has 1 aromatic carbocycles. The smallest absolute Gasteiger partial charge is 0.264 e. The second-order valence-corrected chi connectivity index (χ2v) is 6.39. The van der Waals surface area contributed by atoms with Crippen LogP contribution < -0.4 is 10.9 Å². The third kappa shape index (κ3) is 3.59. The highest BCUT2D eigenvalue weighted by Crippen LogP contribution is 2.14. The Labute approximate surface area is 153 Å². The number of hydrogen-bond donors (Lipinski definition) is 1. The van der Waals surface area contributed by atoms with Crippen LogP contribution in [0.25, 0.3) is 16.7 Å². The Morgan fingerprint density at radius 2 is 2.15 bits per heavy atom. The lowest BCUT2D eigenvalue weighted by atomic mass is 10.2. The minimum atomic E-state index is -0.362. The fourth-order valence-electron chi connectivity index (χ4n) is 3.08. The molecule has 3 heterocycles. The van der Waals surface area contributed by atoms with Gasteiger partial charge in [0.15, 0.2) is 5.65 Å². The van der Waals surface area contributed by atoms with Gasteiger partial charge in [-0.15, -0.1) is 0 Å². The average molecular weight is 371 g/mol. The molecule has 0 bridgehead atoms. The summed E-state index contributed by atoms with van der Waals surface area (Å²) in [7, 11) is 0. The molecule has 1 aliphatic heterocycles. The van der Waals surface area contributed by atoms with Crippen molar-refractivity contribution in [3.05, 3.63) is 53.0 Å². The van der Waals surface area contributed by atoms with Crippen molar-refractivity contribution >= 4 is 16.9 Å². The van der Waals surface area contributed by atoms with Crippen molar-refractivity contribution in [2.45, 2.75) is 25.5 Å². The summed E-state index contributed by atoms with van der Waals surface area (Å²) in [5, 5.41) is 7.23. The third-order valence-electron chi connectivity index (χ3n) is 4.49. The van der Waals surface area contributed by atoms with E-state index in [0.717, 1.165) is 19.4 Å². The maximum Gasteiger partial charge on any atom is 0.264 e. The van der Waals surface area contributed by atoms with Gasteiger partial charge in [-0.3, -0.25) is 14.2 Å². The summed E-state index contributed by atoms with van der Waals surface area (Å²) in [4.78, 5) is 29.0. The van der Waals surface area contributed by atoms with E-state index < -0.39 is 0 Å². The number of rotatable bonds is 5. The van der Waals surface area contributed by atoms with E-state index in [1.54, 1.807) is 12.1 Å². The van der Waals surface area contributed by atoms with Crippen molar-refractivity contribution in [1.29, 1.82) is 0 Å². The lowest BCUT2D eigenvalue weighted by molar-refractivity contribution is -0.122. The molecule has 140 valence electrons. The van der Waals surface area contributed by atoms with Crippen LogP contribution in [-0.2, 0) is 16.1 Å². The van der Waals surface area contributed by atoms with Gasteiger partial charge < -0.3 is 10.1 Å². The Morgan fingerprint density at radius 3 is 2.89 bits per heavy atom. The molecule has 2 aromatic heterocycles. The second kappa shape index (κ2) is 7.28. The zero-order valence-corrected chi connectivity index (χ0v) is 14.5. The molecule has 0 unspecified atom stereocenters. The predicted octanol–water partition coefficient (Wildman–Crippen LogP) is 1.02. The van der Waals surface area contributed by atoms with Gasteiger partial charge in [0.2, 0.25) is 5.91 Å². The molecule has 8 nitrogen and oxygen atoms in total. The number of amides is 1. The molecule has 27 heavy (non-hydrogen) atoms. The first-order chi connectivity index (χ1) is 13.1. The van der Waals surface area contributed by atoms with Crippen LogP contribution >= 0.6 is 0 Å². The first-order valence-electron chi connectivity index (χ1n) is 8.69. The highest BCUT2D eigenvalue weighted by atomic mass is 19.1. The maximum absolute atomic E-state index is 13.1. The van der Waals surface area contributed by atoms with E-state index >= 15 is 0 Å². The van der Waals surface area contributed by atoms with Gasteiger partial charge in [0.25, 0.3) is 5.56 Å². The molecule has 0 aliphatic carbocycles. The maximum atomic E-state index is 13.1. The third-order valence-corrected chi connectivity index (χ3v) is 4.49. The molecule has 1 N–H and O–H groups in total. The number of nitrogens with one attached hydrogen (secondary N) is 1. The van der Waals surface area contributed by atoms with Crippen LogP contribution in [0, 0.1) is 5.82 Å². The Bertz CT molecular complexity index is 1020. The minimum absolute atomic E-state index is 0.0419. The van der Waals surface area contributed by atoms with Crippen molar-refractivity contribution in [3.63, 3.8) is 0 Å². The molecule has 1 amide bonds. The number of ether oxygens (including phenoxy) is 1. The van der Waals surface area contributed by atoms with E-state index in [4.69, 9.17) is 4.74 Å². The molecule has 1 saturated heterocycles. The van der Waals surface area contributed by atoms with Gasteiger partial charge in [-0.25, -0.2) is 14.1 Å². The van der Waals surface area contributed by atoms with Crippen LogP contribution in [0.3, 0.4) is 0 Å². The molecular formula is C18H18FN5O3. The summed E-state index contributed by atoms with van der Waals surface area (Å²) in [6.45, 7) is 1.03. The monoisotopic (exact) mass is 371 g/mol. The van der Waals surface area contributed by atoms with Crippen LogP contribution in [-0.4, -0.2) is 44.5 Å². The zero-order valence-electron chi connectivity index (χ0n) is 14.5. The molecule has 1 atom stereocenters. The van der Waals surface area contributed by atoms with Gasteiger partial charge >= 0.3 is 0 Å². The van der Waals surface area contributed by atoms with E-state index in [1.165, 1.54) is 33.9 Å². The van der Waals surface area contributed by atoms with Crippen molar-refractivity contribution in [3.8, 4) is 5.69 Å². The van der Waals surface area contributed by atoms with E-state index in [0.29, 0.717) is 17.9 Å². The molecule has 9 heteroatoms. The van der Waals surface area contributed by atoms with Gasteiger partial charge in [0, 0.05) is 13.2 Å². The first-order valence-corrected chi connectivity index (χ1v) is 8.69. The number of halogens is 1. The topological polar surface area (TPSA) is 91.0 Å². The van der Waals surface area contributed by atoms with Crippen molar-refractivity contribution in [2.75, 3.05) is 13.2 Å². The SMILES string of the molecule is O=C(Cn1cnc2c(cnn2-c2ccc(F)cc2)c1=O)NC[C@@H]1CCCO1. The zero-order chi connectivity index (χ0) is 18.8. The van der Waals surface area contributed by atoms with Crippen LogP contribution in [0.5, 0.6) is 0 Å². The number of carbonyl (C=O) groups excluding carboxylic acids is 1. The summed E-state index contributed by atoms with van der Waals surface area (Å²) in [5.74, 6) is -0.640. The number of hydrogen-bond acceptors (Lipinski definition) is 5. The van der Waals surface area contributed by atoms with E-state index in [2.05, 4.69) is 15.4 Å². The van der Waals surface area contributed by atoms with Gasteiger partial charge in [-0.1, -0.05) is 0 Å². The van der Waals surface area contributed by atoms with Crippen molar-refractivity contribution < 1.29 is 13.9 Å². The fourth-order valence-corrected chi connectivity index (χ4v) is 3.08. The quantitative estimate of drug-likeness (QED) is 0.723. The van der Waals surface area contributed by atoms with Crippen molar-refractivity contribution in [2.24, 2.45) is 0 Å². The van der Waals surface area contributed by atoms with E-state index in [-0.39, 0.29) is 35.3 Å². The number of carbonyl (C=O) groups is 1. The van der Waals surface area contributed by atoms with Crippen LogP contribution in [0.4, 0.5) is 4.39 Å². The molecule has 0 saturated carbocycles. The number of nitrogens with zero attached hydrogens (tertiary/aromatic N) is 4. The lowest BCUT2D eigenvalue weighted by Crippen LogP contribution is -2.36. The molecule has 0 radical (unpaired) electrons. The van der Waals surface area contributed by atoms with Gasteiger partial charge in [0.1, 0.15) is 24.1 Å². The van der Waals surface area contributed by atoms with Gasteiger partial charge in [0.05, 0.1) is 18.0 Å². The van der Waals surface area contributed by atoms with Crippen molar-refractivity contribution in [1.82, 2.24) is 24.6 Å². The normalized spacial score (nSPS) is 16.7. The highest BCUT2D eigenvalue weighted by molar-refractivity contribution is 5.77. The largest absolute Gasteiger partial charge is 0.376 e. The molecule has 3 aromatic rings. The summed E-state index contributed by atoms with van der Waals surface area (Å²) in [6.07, 6.45) is 4.68. The van der Waals surface area contributed by atoms with Crippen LogP contribution in [0.2, 0.25) is 0 Å². The standard InChI is InChI=1S/C18H18FN5O3/c19-12-3-5-13(6-4-12)24-17-15(9-22-24)18(26)23(11-21-17)10-16(25)20-8-14-2-1-7-27-14/h3-6,9,11,14H,1-2,7-8,10H2,(H,20,25)/t14-/m0/s1.